The maximum atomic E-state index is 5.76. The lowest BCUT2D eigenvalue weighted by molar-refractivity contribution is 0.291. The molecule has 15 heavy (non-hydrogen) atoms. The molecule has 0 aromatic heterocycles. The van der Waals surface area contributed by atoms with Gasteiger partial charge in [-0.1, -0.05) is 11.6 Å². The molecular formula is C12H18ClNO. The Kier molecular flexibility index (Phi) is 4.43. The maximum absolute atomic E-state index is 5.76. The average Bonchev–Trinajstić information content (AvgIpc) is 2.14. The quantitative estimate of drug-likeness (QED) is 0.799. The smallest absolute Gasteiger partial charge is 0.119 e. The van der Waals surface area contributed by atoms with Crippen LogP contribution >= 0.6 is 11.6 Å². The second-order valence-electron chi connectivity index (χ2n) is 4.48. The summed E-state index contributed by atoms with van der Waals surface area (Å²) in [6.07, 6.45) is 0. The van der Waals surface area contributed by atoms with E-state index >= 15 is 0 Å². The van der Waals surface area contributed by atoms with Gasteiger partial charge >= 0.3 is 0 Å². The lowest BCUT2D eigenvalue weighted by atomic mass is 10.1. The third kappa shape index (κ3) is 5.65. The van der Waals surface area contributed by atoms with Crippen molar-refractivity contribution in [3.8, 4) is 5.75 Å². The van der Waals surface area contributed by atoms with Crippen molar-refractivity contribution in [1.82, 2.24) is 5.32 Å². The van der Waals surface area contributed by atoms with E-state index in [1.807, 2.05) is 24.3 Å². The molecule has 0 aliphatic carbocycles. The van der Waals surface area contributed by atoms with E-state index in [1.54, 1.807) is 0 Å². The van der Waals surface area contributed by atoms with Crippen molar-refractivity contribution >= 4 is 11.6 Å². The van der Waals surface area contributed by atoms with Crippen molar-refractivity contribution in [3.05, 3.63) is 29.3 Å². The molecule has 84 valence electrons. The molecule has 0 saturated carbocycles. The monoisotopic (exact) mass is 227 g/mol. The van der Waals surface area contributed by atoms with Crippen molar-refractivity contribution in [2.45, 2.75) is 26.3 Å². The average molecular weight is 228 g/mol. The molecular weight excluding hydrogens is 210 g/mol. The number of benzene rings is 1. The van der Waals surface area contributed by atoms with Crippen LogP contribution in [0, 0.1) is 0 Å². The Balaban J connectivity index is 2.23. The van der Waals surface area contributed by atoms with Crippen LogP contribution in [0.5, 0.6) is 5.75 Å². The van der Waals surface area contributed by atoms with Crippen LogP contribution < -0.4 is 10.1 Å². The molecule has 0 radical (unpaired) electrons. The first kappa shape index (κ1) is 12.3. The van der Waals surface area contributed by atoms with E-state index in [9.17, 15) is 0 Å². The van der Waals surface area contributed by atoms with Gasteiger partial charge in [0.1, 0.15) is 12.4 Å². The molecule has 3 heteroatoms. The zero-order valence-electron chi connectivity index (χ0n) is 9.51. The SMILES string of the molecule is CC(C)(C)NCCOc1ccc(Cl)cc1. The van der Waals surface area contributed by atoms with Crippen molar-refractivity contribution in [1.29, 1.82) is 0 Å². The minimum Gasteiger partial charge on any atom is -0.492 e. The van der Waals surface area contributed by atoms with Crippen molar-refractivity contribution in [2.24, 2.45) is 0 Å². The highest BCUT2D eigenvalue weighted by atomic mass is 35.5. The fourth-order valence-corrected chi connectivity index (χ4v) is 1.25. The Bertz CT molecular complexity index is 289. The Morgan fingerprint density at radius 1 is 1.20 bits per heavy atom. The summed E-state index contributed by atoms with van der Waals surface area (Å²) in [7, 11) is 0. The fourth-order valence-electron chi connectivity index (χ4n) is 1.13. The number of hydrogen-bond acceptors (Lipinski definition) is 2. The molecule has 0 saturated heterocycles. The first-order valence-electron chi connectivity index (χ1n) is 5.11. The highest BCUT2D eigenvalue weighted by Crippen LogP contribution is 2.15. The predicted octanol–water partition coefficient (Wildman–Crippen LogP) is 3.11. The van der Waals surface area contributed by atoms with Crippen molar-refractivity contribution in [3.63, 3.8) is 0 Å². The van der Waals surface area contributed by atoms with E-state index in [1.165, 1.54) is 0 Å². The van der Waals surface area contributed by atoms with E-state index in [0.29, 0.717) is 6.61 Å². The Morgan fingerprint density at radius 3 is 2.33 bits per heavy atom. The summed E-state index contributed by atoms with van der Waals surface area (Å²) >= 11 is 5.76. The van der Waals surface area contributed by atoms with Gasteiger partial charge < -0.3 is 10.1 Å². The predicted molar refractivity (Wildman–Crippen MR) is 64.7 cm³/mol. The Hall–Kier alpha value is -0.730. The van der Waals surface area contributed by atoms with Crippen LogP contribution in [-0.2, 0) is 0 Å². The fraction of sp³-hybridized carbons (Fsp3) is 0.500. The summed E-state index contributed by atoms with van der Waals surface area (Å²) in [4.78, 5) is 0. The summed E-state index contributed by atoms with van der Waals surface area (Å²) in [6.45, 7) is 7.91. The first-order chi connectivity index (χ1) is 6.97. The standard InChI is InChI=1S/C12H18ClNO/c1-12(2,3)14-8-9-15-11-6-4-10(13)5-7-11/h4-7,14H,8-9H2,1-3H3. The molecule has 0 aliphatic heterocycles. The molecule has 0 atom stereocenters. The molecule has 1 N–H and O–H groups in total. The summed E-state index contributed by atoms with van der Waals surface area (Å²) in [5.41, 5.74) is 0.142. The van der Waals surface area contributed by atoms with E-state index in [4.69, 9.17) is 16.3 Å². The van der Waals surface area contributed by atoms with Crippen LogP contribution in [0.4, 0.5) is 0 Å². The van der Waals surface area contributed by atoms with Gasteiger partial charge in [0, 0.05) is 17.1 Å². The number of ether oxygens (including phenoxy) is 1. The molecule has 0 spiro atoms. The molecule has 1 aromatic carbocycles. The summed E-state index contributed by atoms with van der Waals surface area (Å²) in [5.74, 6) is 0.857. The van der Waals surface area contributed by atoms with E-state index in [0.717, 1.165) is 17.3 Å². The van der Waals surface area contributed by atoms with Gasteiger partial charge in [-0.05, 0) is 45.0 Å². The number of hydrogen-bond donors (Lipinski definition) is 1. The van der Waals surface area contributed by atoms with Crippen LogP contribution in [0.3, 0.4) is 0 Å². The highest BCUT2D eigenvalue weighted by molar-refractivity contribution is 6.30. The van der Waals surface area contributed by atoms with Gasteiger partial charge in [0.2, 0.25) is 0 Å². The lowest BCUT2D eigenvalue weighted by Gasteiger charge is -2.20. The van der Waals surface area contributed by atoms with Gasteiger partial charge in [0.15, 0.2) is 0 Å². The van der Waals surface area contributed by atoms with E-state index in [-0.39, 0.29) is 5.54 Å². The second-order valence-corrected chi connectivity index (χ2v) is 4.92. The third-order valence-electron chi connectivity index (χ3n) is 1.84. The zero-order valence-corrected chi connectivity index (χ0v) is 10.3. The molecule has 1 rings (SSSR count). The van der Waals surface area contributed by atoms with E-state index < -0.39 is 0 Å². The van der Waals surface area contributed by atoms with Gasteiger partial charge in [-0.2, -0.15) is 0 Å². The molecule has 0 fully saturated rings. The largest absolute Gasteiger partial charge is 0.492 e. The lowest BCUT2D eigenvalue weighted by Crippen LogP contribution is -2.38. The van der Waals surface area contributed by atoms with Gasteiger partial charge in [0.05, 0.1) is 0 Å². The van der Waals surface area contributed by atoms with Gasteiger partial charge in [-0.25, -0.2) is 0 Å². The minimum atomic E-state index is 0.142. The number of nitrogens with one attached hydrogen (secondary N) is 1. The molecule has 1 aromatic rings. The van der Waals surface area contributed by atoms with Crippen LogP contribution in [0.25, 0.3) is 0 Å². The maximum Gasteiger partial charge on any atom is 0.119 e. The van der Waals surface area contributed by atoms with Gasteiger partial charge in [-0.3, -0.25) is 0 Å². The third-order valence-corrected chi connectivity index (χ3v) is 2.09. The van der Waals surface area contributed by atoms with Crippen molar-refractivity contribution < 1.29 is 4.74 Å². The number of rotatable bonds is 4. The summed E-state index contributed by atoms with van der Waals surface area (Å²) in [6, 6.07) is 7.40. The summed E-state index contributed by atoms with van der Waals surface area (Å²) in [5, 5.41) is 4.08. The molecule has 0 aliphatic rings. The first-order valence-corrected chi connectivity index (χ1v) is 5.48. The summed E-state index contributed by atoms with van der Waals surface area (Å²) < 4.78 is 5.54. The number of halogens is 1. The highest BCUT2D eigenvalue weighted by Gasteiger charge is 2.07. The Labute approximate surface area is 96.6 Å². The Morgan fingerprint density at radius 2 is 1.80 bits per heavy atom. The van der Waals surface area contributed by atoms with E-state index in [2.05, 4.69) is 26.1 Å². The molecule has 0 unspecified atom stereocenters. The normalized spacial score (nSPS) is 11.5. The van der Waals surface area contributed by atoms with Gasteiger partial charge in [0.25, 0.3) is 0 Å². The molecule has 2 nitrogen and oxygen atoms in total. The van der Waals surface area contributed by atoms with Crippen molar-refractivity contribution in [2.75, 3.05) is 13.2 Å². The van der Waals surface area contributed by atoms with Crippen LogP contribution in [0.1, 0.15) is 20.8 Å². The van der Waals surface area contributed by atoms with Crippen LogP contribution in [0.2, 0.25) is 5.02 Å². The molecule has 0 heterocycles. The second kappa shape index (κ2) is 5.38. The minimum absolute atomic E-state index is 0.142. The molecule has 0 bridgehead atoms. The topological polar surface area (TPSA) is 21.3 Å². The zero-order chi connectivity index (χ0) is 11.3. The van der Waals surface area contributed by atoms with Crippen LogP contribution in [-0.4, -0.2) is 18.7 Å². The molecule has 0 amide bonds. The van der Waals surface area contributed by atoms with Gasteiger partial charge in [-0.15, -0.1) is 0 Å². The van der Waals surface area contributed by atoms with Crippen LogP contribution in [0.15, 0.2) is 24.3 Å².